The first kappa shape index (κ1) is 23.9. The number of sulfonamides is 1. The van der Waals surface area contributed by atoms with Gasteiger partial charge in [-0.3, -0.25) is 18.7 Å². The van der Waals surface area contributed by atoms with Crippen molar-refractivity contribution in [1.29, 1.82) is 0 Å². The molecule has 180 valence electrons. The number of benzene rings is 2. The van der Waals surface area contributed by atoms with Crippen molar-refractivity contribution in [2.75, 3.05) is 13.1 Å². The second kappa shape index (κ2) is 9.55. The van der Waals surface area contributed by atoms with E-state index in [9.17, 15) is 22.8 Å². The molecular formula is C24H28N4O5S. The van der Waals surface area contributed by atoms with Crippen LogP contribution in [0.15, 0.2) is 56.9 Å². The summed E-state index contributed by atoms with van der Waals surface area (Å²) in [6.07, 6.45) is 1.95. The zero-order valence-corrected chi connectivity index (χ0v) is 20.1. The van der Waals surface area contributed by atoms with Gasteiger partial charge in [-0.25, -0.2) is 17.9 Å². The SMILES string of the molecule is Cc1cccc(CNS(=O)(=O)c2ccc3c(c2)c(=O)n(CCC(=O)N2CCCC2)c(=O)n3C)c1. The van der Waals surface area contributed by atoms with E-state index in [-0.39, 0.29) is 35.7 Å². The Kier molecular flexibility index (Phi) is 6.72. The van der Waals surface area contributed by atoms with E-state index in [1.165, 1.54) is 29.8 Å². The van der Waals surface area contributed by atoms with Crippen molar-refractivity contribution in [3.8, 4) is 0 Å². The fourth-order valence-electron chi connectivity index (χ4n) is 4.28. The summed E-state index contributed by atoms with van der Waals surface area (Å²) in [6, 6.07) is 11.6. The number of nitrogens with one attached hydrogen (secondary N) is 1. The molecule has 2 aromatic carbocycles. The summed E-state index contributed by atoms with van der Waals surface area (Å²) in [5.74, 6) is -0.0942. The van der Waals surface area contributed by atoms with Crippen LogP contribution in [0.5, 0.6) is 0 Å². The number of amides is 1. The van der Waals surface area contributed by atoms with Gasteiger partial charge in [0.25, 0.3) is 5.56 Å². The van der Waals surface area contributed by atoms with E-state index in [4.69, 9.17) is 0 Å². The Morgan fingerprint density at radius 2 is 1.79 bits per heavy atom. The van der Waals surface area contributed by atoms with E-state index in [0.717, 1.165) is 28.5 Å². The molecule has 10 heteroatoms. The highest BCUT2D eigenvalue weighted by Gasteiger charge is 2.20. The minimum atomic E-state index is -3.90. The summed E-state index contributed by atoms with van der Waals surface area (Å²) in [4.78, 5) is 40.0. The van der Waals surface area contributed by atoms with Gasteiger partial charge in [0.05, 0.1) is 15.8 Å². The number of aromatic nitrogens is 2. The van der Waals surface area contributed by atoms with Crippen LogP contribution in [-0.2, 0) is 35.0 Å². The Labute approximate surface area is 197 Å². The maximum absolute atomic E-state index is 13.1. The normalized spacial score (nSPS) is 14.1. The van der Waals surface area contributed by atoms with Crippen molar-refractivity contribution in [2.24, 2.45) is 7.05 Å². The molecule has 1 fully saturated rings. The molecule has 1 aliphatic heterocycles. The van der Waals surface area contributed by atoms with Crippen LogP contribution in [0.1, 0.15) is 30.4 Å². The van der Waals surface area contributed by atoms with Gasteiger partial charge in [-0.1, -0.05) is 29.8 Å². The van der Waals surface area contributed by atoms with Gasteiger partial charge in [0.15, 0.2) is 0 Å². The molecule has 4 rings (SSSR count). The molecule has 9 nitrogen and oxygen atoms in total. The molecule has 0 saturated carbocycles. The van der Waals surface area contributed by atoms with Crippen molar-refractivity contribution in [2.45, 2.75) is 44.2 Å². The topological polar surface area (TPSA) is 110 Å². The molecule has 2 heterocycles. The highest BCUT2D eigenvalue weighted by atomic mass is 32.2. The van der Waals surface area contributed by atoms with Crippen LogP contribution in [0.4, 0.5) is 0 Å². The highest BCUT2D eigenvalue weighted by Crippen LogP contribution is 2.16. The summed E-state index contributed by atoms with van der Waals surface area (Å²) >= 11 is 0. The number of hydrogen-bond donors (Lipinski definition) is 1. The molecule has 34 heavy (non-hydrogen) atoms. The van der Waals surface area contributed by atoms with E-state index < -0.39 is 21.3 Å². The molecule has 0 radical (unpaired) electrons. The lowest BCUT2D eigenvalue weighted by molar-refractivity contribution is -0.130. The summed E-state index contributed by atoms with van der Waals surface area (Å²) < 4.78 is 30.7. The number of aryl methyl sites for hydroxylation is 2. The number of nitrogens with zero attached hydrogens (tertiary/aromatic N) is 3. The van der Waals surface area contributed by atoms with E-state index in [1.54, 1.807) is 4.90 Å². The molecule has 0 unspecified atom stereocenters. The number of hydrogen-bond acceptors (Lipinski definition) is 5. The van der Waals surface area contributed by atoms with Crippen LogP contribution < -0.4 is 16.0 Å². The lowest BCUT2D eigenvalue weighted by Crippen LogP contribution is -2.40. The lowest BCUT2D eigenvalue weighted by Gasteiger charge is -2.16. The van der Waals surface area contributed by atoms with Gasteiger partial charge >= 0.3 is 5.69 Å². The van der Waals surface area contributed by atoms with Gasteiger partial charge in [0.1, 0.15) is 0 Å². The highest BCUT2D eigenvalue weighted by molar-refractivity contribution is 7.89. The summed E-state index contributed by atoms with van der Waals surface area (Å²) in [6.45, 7) is 3.37. The number of likely N-dealkylation sites (tertiary alicyclic amines) is 1. The Balaban J connectivity index is 1.63. The first-order valence-electron chi connectivity index (χ1n) is 11.2. The predicted molar refractivity (Wildman–Crippen MR) is 129 cm³/mol. The zero-order chi connectivity index (χ0) is 24.5. The van der Waals surface area contributed by atoms with Crippen LogP contribution >= 0.6 is 0 Å². The second-order valence-electron chi connectivity index (χ2n) is 8.63. The number of carbonyl (C=O) groups is 1. The van der Waals surface area contributed by atoms with Gasteiger partial charge in [-0.05, 0) is 43.5 Å². The lowest BCUT2D eigenvalue weighted by atomic mass is 10.1. The predicted octanol–water partition coefficient (Wildman–Crippen LogP) is 1.50. The monoisotopic (exact) mass is 484 g/mol. The van der Waals surface area contributed by atoms with Crippen molar-refractivity contribution in [1.82, 2.24) is 18.8 Å². The quantitative estimate of drug-likeness (QED) is 0.547. The largest absolute Gasteiger partial charge is 0.343 e. The summed E-state index contributed by atoms with van der Waals surface area (Å²) in [5, 5.41) is 0.106. The fraction of sp³-hybridized carbons (Fsp3) is 0.375. The van der Waals surface area contributed by atoms with Crippen LogP contribution in [0.25, 0.3) is 10.9 Å². The van der Waals surface area contributed by atoms with Crippen LogP contribution in [-0.4, -0.2) is 41.4 Å². The van der Waals surface area contributed by atoms with E-state index in [1.807, 2.05) is 31.2 Å². The van der Waals surface area contributed by atoms with Gasteiger partial charge in [-0.2, -0.15) is 0 Å². The zero-order valence-electron chi connectivity index (χ0n) is 19.3. The molecule has 1 N–H and O–H groups in total. The number of rotatable bonds is 7. The molecule has 1 aliphatic rings. The van der Waals surface area contributed by atoms with Crippen molar-refractivity contribution in [3.05, 3.63) is 74.4 Å². The Bertz CT molecular complexity index is 1470. The third kappa shape index (κ3) is 4.83. The van der Waals surface area contributed by atoms with Crippen molar-refractivity contribution < 1.29 is 13.2 Å². The maximum Gasteiger partial charge on any atom is 0.331 e. The standard InChI is InChI=1S/C24H28N4O5S/c1-17-6-5-7-18(14-17)16-25-34(32,33)19-8-9-21-20(15-19)23(30)28(24(31)26(21)2)13-10-22(29)27-11-3-4-12-27/h5-9,14-15,25H,3-4,10-13,16H2,1-2H3. The second-order valence-corrected chi connectivity index (χ2v) is 10.4. The maximum atomic E-state index is 13.1. The summed E-state index contributed by atoms with van der Waals surface area (Å²) in [5.41, 5.74) is 1.02. The molecule has 0 aliphatic carbocycles. The van der Waals surface area contributed by atoms with E-state index in [2.05, 4.69) is 4.72 Å². The van der Waals surface area contributed by atoms with Gasteiger partial charge in [-0.15, -0.1) is 0 Å². The van der Waals surface area contributed by atoms with Gasteiger partial charge in [0.2, 0.25) is 15.9 Å². The smallest absolute Gasteiger partial charge is 0.331 e. The minimum Gasteiger partial charge on any atom is -0.343 e. The average molecular weight is 485 g/mol. The minimum absolute atomic E-state index is 0.0384. The Morgan fingerprint density at radius 3 is 2.50 bits per heavy atom. The molecule has 1 amide bonds. The van der Waals surface area contributed by atoms with Gasteiger partial charge < -0.3 is 4.90 Å². The van der Waals surface area contributed by atoms with Crippen molar-refractivity contribution >= 4 is 26.8 Å². The molecule has 3 aromatic rings. The Morgan fingerprint density at radius 1 is 1.06 bits per heavy atom. The van der Waals surface area contributed by atoms with Crippen molar-refractivity contribution in [3.63, 3.8) is 0 Å². The van der Waals surface area contributed by atoms with Crippen LogP contribution in [0, 0.1) is 6.92 Å². The number of fused-ring (bicyclic) bond motifs is 1. The van der Waals surface area contributed by atoms with E-state index >= 15 is 0 Å². The van der Waals surface area contributed by atoms with Crippen LogP contribution in [0.3, 0.4) is 0 Å². The molecule has 1 aromatic heterocycles. The van der Waals surface area contributed by atoms with Crippen LogP contribution in [0.2, 0.25) is 0 Å². The third-order valence-electron chi connectivity index (χ3n) is 6.19. The third-order valence-corrected chi connectivity index (χ3v) is 7.59. The molecule has 0 atom stereocenters. The molecule has 0 bridgehead atoms. The molecule has 1 saturated heterocycles. The molecular weight excluding hydrogens is 456 g/mol. The Hall–Kier alpha value is -3.24. The first-order chi connectivity index (χ1) is 16.2. The summed E-state index contributed by atoms with van der Waals surface area (Å²) in [7, 11) is -2.38. The first-order valence-corrected chi connectivity index (χ1v) is 12.7. The van der Waals surface area contributed by atoms with E-state index in [0.29, 0.717) is 18.6 Å². The van der Waals surface area contributed by atoms with Gasteiger partial charge in [0, 0.05) is 39.6 Å². The number of carbonyl (C=O) groups excluding carboxylic acids is 1. The average Bonchev–Trinajstić information content (AvgIpc) is 3.36. The fourth-order valence-corrected chi connectivity index (χ4v) is 5.32. The molecule has 0 spiro atoms.